The first kappa shape index (κ1) is 16.2. The van der Waals surface area contributed by atoms with E-state index < -0.39 is 0 Å². The van der Waals surface area contributed by atoms with Crippen molar-refractivity contribution in [1.82, 2.24) is 0 Å². The van der Waals surface area contributed by atoms with Crippen LogP contribution in [0.15, 0.2) is 42.5 Å². The monoisotopic (exact) mass is 326 g/mol. The quantitative estimate of drug-likeness (QED) is 0.820. The number of rotatable bonds is 5. The number of nitrogen functional groups attached to an aromatic ring is 1. The van der Waals surface area contributed by atoms with Gasteiger partial charge >= 0.3 is 0 Å². The van der Waals surface area contributed by atoms with Crippen molar-refractivity contribution in [3.05, 3.63) is 48.0 Å². The van der Waals surface area contributed by atoms with Crippen molar-refractivity contribution in [1.29, 1.82) is 0 Å². The first-order valence-electron chi connectivity index (χ1n) is 8.08. The predicted molar refractivity (Wildman–Crippen MR) is 94.2 cm³/mol. The molecular formula is C19H22N2O3. The Balaban J connectivity index is 1.73. The van der Waals surface area contributed by atoms with Crippen LogP contribution in [-0.2, 0) is 4.79 Å². The summed E-state index contributed by atoms with van der Waals surface area (Å²) in [5.74, 6) is 1.65. The lowest BCUT2D eigenvalue weighted by Crippen LogP contribution is -2.19. The smallest absolute Gasteiger partial charge is 0.231 e. The Hall–Kier alpha value is -2.69. The van der Waals surface area contributed by atoms with Crippen LogP contribution >= 0.6 is 0 Å². The molecule has 0 saturated heterocycles. The largest absolute Gasteiger partial charge is 0.454 e. The lowest BCUT2D eigenvalue weighted by atomic mass is 9.85. The third-order valence-corrected chi connectivity index (χ3v) is 4.26. The van der Waals surface area contributed by atoms with E-state index in [9.17, 15) is 4.79 Å². The number of nitrogens with one attached hydrogen (secondary N) is 1. The highest BCUT2D eigenvalue weighted by Crippen LogP contribution is 2.38. The van der Waals surface area contributed by atoms with Gasteiger partial charge in [0.2, 0.25) is 12.7 Å². The van der Waals surface area contributed by atoms with Crippen molar-refractivity contribution in [2.75, 3.05) is 17.8 Å². The van der Waals surface area contributed by atoms with Gasteiger partial charge in [-0.2, -0.15) is 0 Å². The fourth-order valence-electron chi connectivity index (χ4n) is 2.91. The summed E-state index contributed by atoms with van der Waals surface area (Å²) in [4.78, 5) is 12.5. The first-order chi connectivity index (χ1) is 11.5. The van der Waals surface area contributed by atoms with E-state index >= 15 is 0 Å². The van der Waals surface area contributed by atoms with Crippen LogP contribution in [0.3, 0.4) is 0 Å². The van der Waals surface area contributed by atoms with E-state index in [1.807, 2.05) is 18.2 Å². The minimum absolute atomic E-state index is 0.0666. The van der Waals surface area contributed by atoms with Crippen LogP contribution in [0.25, 0.3) is 0 Å². The molecule has 0 aliphatic carbocycles. The number of nitrogens with two attached hydrogens (primary N) is 1. The number of hydrogen-bond donors (Lipinski definition) is 2. The Bertz CT molecular complexity index is 729. The van der Waals surface area contributed by atoms with E-state index in [0.717, 1.165) is 0 Å². The zero-order chi connectivity index (χ0) is 17.1. The van der Waals surface area contributed by atoms with Crippen molar-refractivity contribution >= 4 is 17.3 Å². The van der Waals surface area contributed by atoms with Gasteiger partial charge < -0.3 is 20.5 Å². The van der Waals surface area contributed by atoms with Crippen molar-refractivity contribution < 1.29 is 14.3 Å². The zero-order valence-electron chi connectivity index (χ0n) is 13.9. The summed E-state index contributed by atoms with van der Waals surface area (Å²) in [5.41, 5.74) is 8.18. The second-order valence-corrected chi connectivity index (χ2v) is 6.31. The summed E-state index contributed by atoms with van der Waals surface area (Å²) in [7, 11) is 0. The van der Waals surface area contributed by atoms with Crippen LogP contribution in [0.5, 0.6) is 11.5 Å². The molecule has 0 radical (unpaired) electrons. The van der Waals surface area contributed by atoms with Crippen LogP contribution < -0.4 is 20.5 Å². The fraction of sp³-hybridized carbons (Fsp3) is 0.316. The van der Waals surface area contributed by atoms with Gasteiger partial charge in [-0.25, -0.2) is 0 Å². The van der Waals surface area contributed by atoms with Gasteiger partial charge in [0.1, 0.15) is 0 Å². The summed E-state index contributed by atoms with van der Waals surface area (Å²) in [6, 6.07) is 13.5. The number of amides is 1. The third kappa shape index (κ3) is 3.45. The number of carbonyl (C=O) groups is 1. The number of fused-ring (bicyclic) bond motifs is 1. The standard InChI is InChI=1S/C19H22N2O3/c1-12(2)14(13-6-4-3-5-7-13)8-19(22)21-16-10-18-17(9-15(16)20)23-11-24-18/h3-7,9-10,12,14H,8,11,20H2,1-2H3,(H,21,22). The molecule has 3 N–H and O–H groups in total. The molecule has 2 aromatic carbocycles. The number of anilines is 2. The van der Waals surface area contributed by atoms with Crippen LogP contribution in [0.2, 0.25) is 0 Å². The number of benzene rings is 2. The molecule has 3 rings (SSSR count). The molecule has 1 heterocycles. The molecule has 0 fully saturated rings. The minimum atomic E-state index is -0.0666. The van der Waals surface area contributed by atoms with Crippen molar-refractivity contribution in [2.24, 2.45) is 5.92 Å². The second kappa shape index (κ2) is 6.83. The van der Waals surface area contributed by atoms with E-state index in [0.29, 0.717) is 35.2 Å². The van der Waals surface area contributed by atoms with Crippen molar-refractivity contribution in [3.8, 4) is 11.5 Å². The summed E-state index contributed by atoms with van der Waals surface area (Å²) in [6.45, 7) is 4.43. The third-order valence-electron chi connectivity index (χ3n) is 4.26. The summed E-state index contributed by atoms with van der Waals surface area (Å²) in [5, 5.41) is 2.90. The van der Waals surface area contributed by atoms with E-state index in [-0.39, 0.29) is 18.6 Å². The predicted octanol–water partition coefficient (Wildman–Crippen LogP) is 3.77. The van der Waals surface area contributed by atoms with E-state index in [2.05, 4.69) is 31.3 Å². The Labute approximate surface area is 141 Å². The average Bonchev–Trinajstić information content (AvgIpc) is 3.00. The SMILES string of the molecule is CC(C)C(CC(=O)Nc1cc2c(cc1N)OCO2)c1ccccc1. The summed E-state index contributed by atoms with van der Waals surface area (Å²) in [6.07, 6.45) is 0.398. The highest BCUT2D eigenvalue weighted by atomic mass is 16.7. The van der Waals surface area contributed by atoms with Crippen LogP contribution in [0.1, 0.15) is 31.7 Å². The molecule has 1 unspecified atom stereocenters. The lowest BCUT2D eigenvalue weighted by Gasteiger charge is -2.21. The molecular weight excluding hydrogens is 304 g/mol. The normalized spacial score (nSPS) is 13.8. The summed E-state index contributed by atoms with van der Waals surface area (Å²) >= 11 is 0. The average molecular weight is 326 g/mol. The molecule has 1 aliphatic heterocycles. The van der Waals surface area contributed by atoms with Crippen LogP contribution in [0, 0.1) is 5.92 Å². The molecule has 1 atom stereocenters. The number of ether oxygens (including phenoxy) is 2. The highest BCUT2D eigenvalue weighted by Gasteiger charge is 2.21. The molecule has 126 valence electrons. The maximum Gasteiger partial charge on any atom is 0.231 e. The first-order valence-corrected chi connectivity index (χ1v) is 8.08. The fourth-order valence-corrected chi connectivity index (χ4v) is 2.91. The number of hydrogen-bond acceptors (Lipinski definition) is 4. The lowest BCUT2D eigenvalue weighted by molar-refractivity contribution is -0.116. The van der Waals surface area contributed by atoms with E-state index in [1.54, 1.807) is 12.1 Å². The Kier molecular flexibility index (Phi) is 4.60. The van der Waals surface area contributed by atoms with Gasteiger partial charge in [0.25, 0.3) is 0 Å². The van der Waals surface area contributed by atoms with E-state index in [4.69, 9.17) is 15.2 Å². The molecule has 0 aromatic heterocycles. The van der Waals surface area contributed by atoms with Crippen LogP contribution in [0.4, 0.5) is 11.4 Å². The van der Waals surface area contributed by atoms with Gasteiger partial charge in [-0.3, -0.25) is 4.79 Å². The molecule has 0 bridgehead atoms. The molecule has 2 aromatic rings. The maximum atomic E-state index is 12.5. The van der Waals surface area contributed by atoms with Gasteiger partial charge in [-0.05, 0) is 17.4 Å². The van der Waals surface area contributed by atoms with Gasteiger partial charge in [0, 0.05) is 18.6 Å². The molecule has 0 saturated carbocycles. The minimum Gasteiger partial charge on any atom is -0.454 e. The van der Waals surface area contributed by atoms with Gasteiger partial charge in [0.15, 0.2) is 11.5 Å². The van der Waals surface area contributed by atoms with Gasteiger partial charge in [-0.1, -0.05) is 44.2 Å². The second-order valence-electron chi connectivity index (χ2n) is 6.31. The van der Waals surface area contributed by atoms with Crippen molar-refractivity contribution in [2.45, 2.75) is 26.2 Å². The van der Waals surface area contributed by atoms with Crippen LogP contribution in [-0.4, -0.2) is 12.7 Å². The highest BCUT2D eigenvalue weighted by molar-refractivity contribution is 5.95. The van der Waals surface area contributed by atoms with E-state index in [1.165, 1.54) is 5.56 Å². The Morgan fingerprint density at radius 3 is 2.50 bits per heavy atom. The molecule has 24 heavy (non-hydrogen) atoms. The number of carbonyl (C=O) groups excluding carboxylic acids is 1. The Morgan fingerprint density at radius 1 is 1.17 bits per heavy atom. The molecule has 1 aliphatic rings. The topological polar surface area (TPSA) is 73.6 Å². The molecule has 5 heteroatoms. The van der Waals surface area contributed by atoms with Gasteiger partial charge in [0.05, 0.1) is 11.4 Å². The molecule has 5 nitrogen and oxygen atoms in total. The van der Waals surface area contributed by atoms with Crippen molar-refractivity contribution in [3.63, 3.8) is 0 Å². The Morgan fingerprint density at radius 2 is 1.83 bits per heavy atom. The maximum absolute atomic E-state index is 12.5. The summed E-state index contributed by atoms with van der Waals surface area (Å²) < 4.78 is 10.6. The molecule has 0 spiro atoms. The van der Waals surface area contributed by atoms with Gasteiger partial charge in [-0.15, -0.1) is 0 Å². The molecule has 1 amide bonds. The zero-order valence-corrected chi connectivity index (χ0v) is 13.9.